The molecule has 8 heteroatoms. The van der Waals surface area contributed by atoms with Gasteiger partial charge in [-0.1, -0.05) is 6.07 Å². The maximum absolute atomic E-state index is 14.7. The second-order valence-electron chi connectivity index (χ2n) is 7.66. The average molecular weight is 421 g/mol. The minimum Gasteiger partial charge on any atom is -0.372 e. The molecule has 0 aliphatic carbocycles. The number of nitrogens with zero attached hydrogens (tertiary/aromatic N) is 2. The first-order valence-electron chi connectivity index (χ1n) is 9.78. The maximum atomic E-state index is 14.7. The fourth-order valence-electron chi connectivity index (χ4n) is 3.60. The highest BCUT2D eigenvalue weighted by Crippen LogP contribution is 2.26. The van der Waals surface area contributed by atoms with E-state index in [0.29, 0.717) is 31.0 Å². The van der Waals surface area contributed by atoms with Gasteiger partial charge in [-0.2, -0.15) is 0 Å². The zero-order valence-electron chi connectivity index (χ0n) is 17.3. The number of rotatable bonds is 6. The predicted octanol–water partition coefficient (Wildman–Crippen LogP) is 3.93. The lowest BCUT2D eigenvalue weighted by molar-refractivity contribution is -0.00539. The molecule has 0 unspecified atom stereocenters. The summed E-state index contributed by atoms with van der Waals surface area (Å²) in [6.07, 6.45) is 0.101. The Hall–Kier alpha value is -2.16. The van der Waals surface area contributed by atoms with E-state index in [1.54, 1.807) is 23.5 Å². The maximum Gasteiger partial charge on any atom is 0.319 e. The number of carbonyl (C=O) groups excluding carboxylic acids is 1. The van der Waals surface area contributed by atoms with Gasteiger partial charge in [-0.15, -0.1) is 11.3 Å². The van der Waals surface area contributed by atoms with Gasteiger partial charge in [0.05, 0.1) is 23.9 Å². The molecule has 6 nitrogen and oxygen atoms in total. The van der Waals surface area contributed by atoms with Crippen LogP contribution < -0.4 is 15.5 Å². The summed E-state index contributed by atoms with van der Waals surface area (Å²) >= 11 is 1.66. The van der Waals surface area contributed by atoms with Crippen LogP contribution in [0.25, 0.3) is 0 Å². The molecule has 0 saturated carbocycles. The van der Waals surface area contributed by atoms with Crippen molar-refractivity contribution in [2.75, 3.05) is 43.9 Å². The van der Waals surface area contributed by atoms with Crippen molar-refractivity contribution in [2.45, 2.75) is 32.1 Å². The van der Waals surface area contributed by atoms with Gasteiger partial charge in [0.2, 0.25) is 0 Å². The van der Waals surface area contributed by atoms with Crippen molar-refractivity contribution in [2.24, 2.45) is 0 Å². The van der Waals surface area contributed by atoms with Crippen LogP contribution in [-0.2, 0) is 4.74 Å². The van der Waals surface area contributed by atoms with Crippen LogP contribution in [-0.4, -0.2) is 56.9 Å². The molecule has 2 aromatic rings. The number of benzene rings is 1. The molecular formula is C21H29FN4O2S. The summed E-state index contributed by atoms with van der Waals surface area (Å²) in [7, 11) is 3.96. The van der Waals surface area contributed by atoms with Gasteiger partial charge in [0, 0.05) is 30.2 Å². The van der Waals surface area contributed by atoms with Crippen molar-refractivity contribution in [3.63, 3.8) is 0 Å². The minimum atomic E-state index is -0.353. The molecular weight excluding hydrogens is 391 g/mol. The standard InChI is InChI=1S/C21H29FN4O2S/c1-14-12-26(13-15(2)28-14)18-8-7-16(10-17(18)22)24-21(27)23-11-19(25(3)4)20-6-5-9-29-20/h5-10,14-15,19H,11-13H2,1-4H3,(H2,23,24,27)/t14-,15+,19-/m0/s1. The SMILES string of the molecule is C[C@@H]1CN(c2ccc(NC(=O)NC[C@@H](c3cccs3)N(C)C)cc2F)C[C@H](C)O1. The number of likely N-dealkylation sites (N-methyl/N-ethyl adjacent to an activating group) is 1. The molecule has 29 heavy (non-hydrogen) atoms. The van der Waals surface area contributed by atoms with Crippen LogP contribution in [0.5, 0.6) is 0 Å². The van der Waals surface area contributed by atoms with Gasteiger partial charge in [-0.05, 0) is 57.6 Å². The number of thiophene rings is 1. The first-order chi connectivity index (χ1) is 13.8. The van der Waals surface area contributed by atoms with E-state index >= 15 is 0 Å². The third-order valence-corrected chi connectivity index (χ3v) is 5.89. The monoisotopic (exact) mass is 420 g/mol. The van der Waals surface area contributed by atoms with E-state index in [1.807, 2.05) is 44.3 Å². The van der Waals surface area contributed by atoms with Gasteiger partial charge >= 0.3 is 6.03 Å². The van der Waals surface area contributed by atoms with Crippen molar-refractivity contribution in [1.29, 1.82) is 0 Å². The molecule has 3 atom stereocenters. The lowest BCUT2D eigenvalue weighted by Gasteiger charge is -2.37. The van der Waals surface area contributed by atoms with Crippen molar-refractivity contribution in [3.8, 4) is 0 Å². The number of morpholine rings is 1. The van der Waals surface area contributed by atoms with E-state index in [2.05, 4.69) is 21.6 Å². The Morgan fingerprint density at radius 2 is 2.03 bits per heavy atom. The van der Waals surface area contributed by atoms with Gasteiger partial charge in [-0.25, -0.2) is 9.18 Å². The Bertz CT molecular complexity index is 805. The summed E-state index contributed by atoms with van der Waals surface area (Å²) in [5.41, 5.74) is 0.957. The number of anilines is 2. The van der Waals surface area contributed by atoms with Gasteiger partial charge in [0.1, 0.15) is 5.82 Å². The number of hydrogen-bond donors (Lipinski definition) is 2. The molecule has 0 bridgehead atoms. The highest BCUT2D eigenvalue weighted by atomic mass is 32.1. The average Bonchev–Trinajstić information content (AvgIpc) is 3.15. The molecule has 2 N–H and O–H groups in total. The summed E-state index contributed by atoms with van der Waals surface area (Å²) in [4.78, 5) is 17.5. The van der Waals surface area contributed by atoms with Crippen LogP contribution >= 0.6 is 11.3 Å². The molecule has 0 spiro atoms. The smallest absolute Gasteiger partial charge is 0.319 e. The highest BCUT2D eigenvalue weighted by Gasteiger charge is 2.24. The van der Waals surface area contributed by atoms with Crippen molar-refractivity contribution >= 4 is 28.7 Å². The molecule has 3 rings (SSSR count). The number of nitrogens with one attached hydrogen (secondary N) is 2. The lowest BCUT2D eigenvalue weighted by Crippen LogP contribution is -2.45. The molecule has 1 aliphatic rings. The van der Waals surface area contributed by atoms with Crippen molar-refractivity contribution in [1.82, 2.24) is 10.2 Å². The number of hydrogen-bond acceptors (Lipinski definition) is 5. The van der Waals surface area contributed by atoms with E-state index in [-0.39, 0.29) is 30.1 Å². The Morgan fingerprint density at radius 3 is 2.62 bits per heavy atom. The van der Waals surface area contributed by atoms with Crippen LogP contribution in [0.1, 0.15) is 24.8 Å². The zero-order valence-corrected chi connectivity index (χ0v) is 18.1. The van der Waals surface area contributed by atoms with Gasteiger partial charge in [-0.3, -0.25) is 0 Å². The first kappa shape index (κ1) is 21.5. The molecule has 2 amide bonds. The van der Waals surface area contributed by atoms with E-state index in [0.717, 1.165) is 0 Å². The van der Waals surface area contributed by atoms with Crippen LogP contribution in [0.3, 0.4) is 0 Å². The number of ether oxygens (including phenoxy) is 1. The second-order valence-corrected chi connectivity index (χ2v) is 8.64. The molecule has 1 aromatic carbocycles. The number of carbonyl (C=O) groups is 1. The molecule has 2 heterocycles. The van der Waals surface area contributed by atoms with Crippen LogP contribution in [0.15, 0.2) is 35.7 Å². The summed E-state index contributed by atoms with van der Waals surface area (Å²) in [6, 6.07) is 8.59. The zero-order chi connectivity index (χ0) is 21.0. The molecule has 0 radical (unpaired) electrons. The largest absolute Gasteiger partial charge is 0.372 e. The number of urea groups is 1. The predicted molar refractivity (Wildman–Crippen MR) is 116 cm³/mol. The highest BCUT2D eigenvalue weighted by molar-refractivity contribution is 7.10. The topological polar surface area (TPSA) is 56.8 Å². The van der Waals surface area contributed by atoms with Gasteiger partial charge < -0.3 is 25.2 Å². The van der Waals surface area contributed by atoms with E-state index < -0.39 is 0 Å². The third kappa shape index (κ3) is 5.68. The molecule has 1 aliphatic heterocycles. The number of halogens is 1. The van der Waals surface area contributed by atoms with Crippen LogP contribution in [0.4, 0.5) is 20.6 Å². The van der Waals surface area contributed by atoms with Gasteiger partial charge in [0.15, 0.2) is 0 Å². The normalized spacial score (nSPS) is 20.6. The fourth-order valence-corrected chi connectivity index (χ4v) is 4.52. The summed E-state index contributed by atoms with van der Waals surface area (Å²) in [6.45, 7) is 5.71. The summed E-state index contributed by atoms with van der Waals surface area (Å²) < 4.78 is 20.4. The van der Waals surface area contributed by atoms with E-state index in [9.17, 15) is 9.18 Å². The van der Waals surface area contributed by atoms with Crippen molar-refractivity contribution in [3.05, 3.63) is 46.4 Å². The Morgan fingerprint density at radius 1 is 1.31 bits per heavy atom. The van der Waals surface area contributed by atoms with Crippen molar-refractivity contribution < 1.29 is 13.9 Å². The quantitative estimate of drug-likeness (QED) is 0.744. The van der Waals surface area contributed by atoms with E-state index in [4.69, 9.17) is 4.74 Å². The summed E-state index contributed by atoms with van der Waals surface area (Å²) in [5, 5.41) is 7.62. The molecule has 1 saturated heterocycles. The third-order valence-electron chi connectivity index (χ3n) is 4.92. The Balaban J connectivity index is 1.58. The van der Waals surface area contributed by atoms with E-state index in [1.165, 1.54) is 10.9 Å². The Labute approximate surface area is 175 Å². The molecule has 1 aromatic heterocycles. The lowest BCUT2D eigenvalue weighted by atomic mass is 10.2. The molecule has 1 fully saturated rings. The van der Waals surface area contributed by atoms with Gasteiger partial charge in [0.25, 0.3) is 0 Å². The van der Waals surface area contributed by atoms with Crippen LogP contribution in [0, 0.1) is 5.82 Å². The number of amides is 2. The molecule has 158 valence electrons. The fraction of sp³-hybridized carbons (Fsp3) is 0.476. The summed E-state index contributed by atoms with van der Waals surface area (Å²) in [5.74, 6) is -0.353. The van der Waals surface area contributed by atoms with Crippen LogP contribution in [0.2, 0.25) is 0 Å². The Kier molecular flexibility index (Phi) is 7.10. The minimum absolute atomic E-state index is 0.0507. The second kappa shape index (κ2) is 9.56. The first-order valence-corrected chi connectivity index (χ1v) is 10.7.